The lowest BCUT2D eigenvalue weighted by molar-refractivity contribution is -0.113. The van der Waals surface area contributed by atoms with E-state index in [2.05, 4.69) is 27.4 Å². The van der Waals surface area contributed by atoms with E-state index in [0.29, 0.717) is 11.0 Å². The summed E-state index contributed by atoms with van der Waals surface area (Å²) in [5.41, 5.74) is 2.74. The maximum Gasteiger partial charge on any atom is 0.234 e. The number of carbonyl (C=O) groups excluding carboxylic acids is 1. The molecule has 1 aromatic carbocycles. The maximum atomic E-state index is 12.2. The Hall–Kier alpha value is -2.67. The molecule has 0 unspecified atom stereocenters. The van der Waals surface area contributed by atoms with Gasteiger partial charge in [0, 0.05) is 18.9 Å². The van der Waals surface area contributed by atoms with Crippen LogP contribution < -0.4 is 5.32 Å². The molecule has 25 heavy (non-hydrogen) atoms. The SMILES string of the molecule is CCc1ccccc1NC(=O)CSc1nnc(-c2ccccn2)n1C. The van der Waals surface area contributed by atoms with Crippen LogP contribution in [0.4, 0.5) is 5.69 Å². The molecule has 0 saturated carbocycles. The summed E-state index contributed by atoms with van der Waals surface area (Å²) in [6, 6.07) is 13.5. The highest BCUT2D eigenvalue weighted by Gasteiger charge is 2.14. The van der Waals surface area contributed by atoms with Gasteiger partial charge < -0.3 is 9.88 Å². The van der Waals surface area contributed by atoms with E-state index in [0.717, 1.165) is 23.4 Å². The highest BCUT2D eigenvalue weighted by Crippen LogP contribution is 2.22. The summed E-state index contributed by atoms with van der Waals surface area (Å²) in [4.78, 5) is 16.5. The number of thioether (sulfide) groups is 1. The Kier molecular flexibility index (Phi) is 5.45. The van der Waals surface area contributed by atoms with Crippen molar-refractivity contribution in [2.24, 2.45) is 7.05 Å². The maximum absolute atomic E-state index is 12.2. The van der Waals surface area contributed by atoms with Gasteiger partial charge in [0.25, 0.3) is 0 Å². The fourth-order valence-electron chi connectivity index (χ4n) is 2.43. The number of pyridine rings is 1. The van der Waals surface area contributed by atoms with Gasteiger partial charge in [0.1, 0.15) is 5.69 Å². The van der Waals surface area contributed by atoms with E-state index in [-0.39, 0.29) is 11.7 Å². The van der Waals surface area contributed by atoms with Crippen LogP contribution in [0, 0.1) is 0 Å². The molecule has 128 valence electrons. The van der Waals surface area contributed by atoms with E-state index in [1.54, 1.807) is 6.20 Å². The summed E-state index contributed by atoms with van der Waals surface area (Å²) in [6.45, 7) is 2.07. The van der Waals surface area contributed by atoms with E-state index in [9.17, 15) is 4.79 Å². The van der Waals surface area contributed by atoms with Crippen LogP contribution in [0.2, 0.25) is 0 Å². The van der Waals surface area contributed by atoms with Crippen molar-refractivity contribution in [3.63, 3.8) is 0 Å². The topological polar surface area (TPSA) is 72.7 Å². The van der Waals surface area contributed by atoms with Gasteiger partial charge in [-0.2, -0.15) is 0 Å². The zero-order chi connectivity index (χ0) is 17.6. The van der Waals surface area contributed by atoms with Crippen molar-refractivity contribution in [1.82, 2.24) is 19.7 Å². The zero-order valence-corrected chi connectivity index (χ0v) is 15.0. The van der Waals surface area contributed by atoms with E-state index in [1.165, 1.54) is 11.8 Å². The molecular weight excluding hydrogens is 334 g/mol. The predicted molar refractivity (Wildman–Crippen MR) is 99.4 cm³/mol. The van der Waals surface area contributed by atoms with Gasteiger partial charge in [-0.3, -0.25) is 9.78 Å². The normalized spacial score (nSPS) is 10.6. The number of aryl methyl sites for hydroxylation is 1. The molecule has 0 radical (unpaired) electrons. The third kappa shape index (κ3) is 4.06. The summed E-state index contributed by atoms with van der Waals surface area (Å²) in [6.07, 6.45) is 2.59. The molecule has 7 heteroatoms. The second-order valence-electron chi connectivity index (χ2n) is 5.43. The van der Waals surface area contributed by atoms with Crippen LogP contribution in [-0.4, -0.2) is 31.4 Å². The van der Waals surface area contributed by atoms with Crippen molar-refractivity contribution in [1.29, 1.82) is 0 Å². The average molecular weight is 353 g/mol. The molecule has 0 fully saturated rings. The molecule has 1 amide bonds. The Bertz CT molecular complexity index is 863. The second-order valence-corrected chi connectivity index (χ2v) is 6.37. The second kappa shape index (κ2) is 7.94. The van der Waals surface area contributed by atoms with Crippen LogP contribution >= 0.6 is 11.8 Å². The smallest absolute Gasteiger partial charge is 0.234 e. The lowest BCUT2D eigenvalue weighted by Gasteiger charge is -2.09. The molecule has 3 rings (SSSR count). The Morgan fingerprint density at radius 1 is 1.16 bits per heavy atom. The number of amides is 1. The van der Waals surface area contributed by atoms with E-state index >= 15 is 0 Å². The number of hydrogen-bond donors (Lipinski definition) is 1. The van der Waals surface area contributed by atoms with E-state index < -0.39 is 0 Å². The molecule has 0 saturated heterocycles. The van der Waals surface area contributed by atoms with Crippen LogP contribution in [0.1, 0.15) is 12.5 Å². The molecule has 2 aromatic heterocycles. The average Bonchev–Trinajstić information content (AvgIpc) is 3.02. The standard InChI is InChI=1S/C18H19N5OS/c1-3-13-8-4-5-9-14(13)20-16(24)12-25-18-22-21-17(23(18)2)15-10-6-7-11-19-15/h4-11H,3,12H2,1-2H3,(H,20,24). The molecular formula is C18H19N5OS. The van der Waals surface area contributed by atoms with Crippen molar-refractivity contribution in [2.75, 3.05) is 11.1 Å². The molecule has 0 aliphatic rings. The van der Waals surface area contributed by atoms with Gasteiger partial charge in [0.15, 0.2) is 11.0 Å². The van der Waals surface area contributed by atoms with Gasteiger partial charge >= 0.3 is 0 Å². The van der Waals surface area contributed by atoms with Gasteiger partial charge in [-0.25, -0.2) is 0 Å². The predicted octanol–water partition coefficient (Wildman–Crippen LogP) is 3.17. The van der Waals surface area contributed by atoms with Gasteiger partial charge in [0.05, 0.1) is 5.75 Å². The first-order valence-electron chi connectivity index (χ1n) is 8.00. The van der Waals surface area contributed by atoms with Crippen molar-refractivity contribution in [3.05, 3.63) is 54.2 Å². The van der Waals surface area contributed by atoms with Gasteiger partial charge in [-0.15, -0.1) is 10.2 Å². The number of anilines is 1. The third-order valence-corrected chi connectivity index (χ3v) is 4.75. The minimum atomic E-state index is -0.0618. The quantitative estimate of drug-likeness (QED) is 0.689. The number of nitrogens with zero attached hydrogens (tertiary/aromatic N) is 4. The number of nitrogens with one attached hydrogen (secondary N) is 1. The first-order chi connectivity index (χ1) is 12.2. The number of rotatable bonds is 6. The van der Waals surface area contributed by atoms with Crippen molar-refractivity contribution in [2.45, 2.75) is 18.5 Å². The van der Waals surface area contributed by atoms with Crippen LogP contribution in [0.3, 0.4) is 0 Å². The van der Waals surface area contributed by atoms with Gasteiger partial charge in [-0.05, 0) is 30.2 Å². The lowest BCUT2D eigenvalue weighted by atomic mass is 10.1. The lowest BCUT2D eigenvalue weighted by Crippen LogP contribution is -2.15. The summed E-state index contributed by atoms with van der Waals surface area (Å²) in [5.74, 6) is 0.889. The summed E-state index contributed by atoms with van der Waals surface area (Å²) < 4.78 is 1.85. The molecule has 3 aromatic rings. The molecule has 0 atom stereocenters. The largest absolute Gasteiger partial charge is 0.325 e. The number of hydrogen-bond acceptors (Lipinski definition) is 5. The fourth-order valence-corrected chi connectivity index (χ4v) is 3.14. The Morgan fingerprint density at radius 2 is 1.96 bits per heavy atom. The van der Waals surface area contributed by atoms with E-state index in [1.807, 2.05) is 54.1 Å². The minimum absolute atomic E-state index is 0.0618. The number of aromatic nitrogens is 4. The van der Waals surface area contributed by atoms with Crippen LogP contribution in [0.5, 0.6) is 0 Å². The molecule has 0 spiro atoms. The Labute approximate surface area is 150 Å². The zero-order valence-electron chi connectivity index (χ0n) is 14.1. The summed E-state index contributed by atoms with van der Waals surface area (Å²) in [7, 11) is 1.87. The van der Waals surface area contributed by atoms with Crippen molar-refractivity contribution in [3.8, 4) is 11.5 Å². The van der Waals surface area contributed by atoms with Gasteiger partial charge in [-0.1, -0.05) is 43.0 Å². The first-order valence-corrected chi connectivity index (χ1v) is 8.99. The van der Waals surface area contributed by atoms with Gasteiger partial charge in [0.2, 0.25) is 5.91 Å². The Balaban J connectivity index is 1.64. The molecule has 6 nitrogen and oxygen atoms in total. The highest BCUT2D eigenvalue weighted by atomic mass is 32.2. The fraction of sp³-hybridized carbons (Fsp3) is 0.222. The third-order valence-electron chi connectivity index (χ3n) is 3.73. The van der Waals surface area contributed by atoms with Crippen molar-refractivity contribution < 1.29 is 4.79 Å². The van der Waals surface area contributed by atoms with Crippen LogP contribution in [-0.2, 0) is 18.3 Å². The summed E-state index contributed by atoms with van der Waals surface area (Å²) >= 11 is 1.35. The molecule has 1 N–H and O–H groups in total. The minimum Gasteiger partial charge on any atom is -0.325 e. The number of carbonyl (C=O) groups is 1. The molecule has 0 aliphatic heterocycles. The number of para-hydroxylation sites is 1. The Morgan fingerprint density at radius 3 is 2.72 bits per heavy atom. The van der Waals surface area contributed by atoms with Crippen LogP contribution in [0.15, 0.2) is 53.8 Å². The van der Waals surface area contributed by atoms with Crippen molar-refractivity contribution >= 4 is 23.4 Å². The first kappa shape index (κ1) is 17.2. The number of benzene rings is 1. The molecule has 0 bridgehead atoms. The molecule has 0 aliphatic carbocycles. The molecule has 2 heterocycles. The van der Waals surface area contributed by atoms with E-state index in [4.69, 9.17) is 0 Å². The highest BCUT2D eigenvalue weighted by molar-refractivity contribution is 7.99. The van der Waals surface area contributed by atoms with Crippen LogP contribution in [0.25, 0.3) is 11.5 Å². The monoisotopic (exact) mass is 353 g/mol. The summed E-state index contributed by atoms with van der Waals surface area (Å²) in [5, 5.41) is 12.0.